The minimum Gasteiger partial charge on any atom is -0.306 e. The maximum absolute atomic E-state index is 4.60. The van der Waals surface area contributed by atoms with E-state index in [1.165, 1.54) is 19.4 Å². The van der Waals surface area contributed by atoms with E-state index in [9.17, 15) is 0 Å². The first-order valence-corrected chi connectivity index (χ1v) is 9.06. The molecular formula is C17H17IN2S. The number of nitrogens with one attached hydrogen (secondary N) is 1. The fraction of sp³-hybridized carbons (Fsp3) is 0.235. The van der Waals surface area contributed by atoms with E-state index in [4.69, 9.17) is 0 Å². The van der Waals surface area contributed by atoms with Gasteiger partial charge in [0.2, 0.25) is 0 Å². The molecule has 2 aromatic heterocycles. The summed E-state index contributed by atoms with van der Waals surface area (Å²) in [7, 11) is 0. The van der Waals surface area contributed by atoms with Crippen LogP contribution < -0.4 is 5.32 Å². The van der Waals surface area contributed by atoms with Crippen LogP contribution in [-0.4, -0.2) is 11.5 Å². The highest BCUT2D eigenvalue weighted by Crippen LogP contribution is 2.28. The average Bonchev–Trinajstić information content (AvgIpc) is 2.94. The van der Waals surface area contributed by atoms with E-state index in [0.29, 0.717) is 0 Å². The molecule has 2 heterocycles. The number of halogens is 1. The second-order valence-electron chi connectivity index (χ2n) is 5.03. The first-order chi connectivity index (χ1) is 10.3. The summed E-state index contributed by atoms with van der Waals surface area (Å²) in [5, 5.41) is 7.08. The third-order valence-corrected chi connectivity index (χ3v) is 5.27. The molecule has 0 fully saturated rings. The number of nitrogens with zero attached hydrogens (tertiary/aromatic N) is 1. The molecule has 0 aliphatic rings. The lowest BCUT2D eigenvalue weighted by atomic mass is 10.0. The summed E-state index contributed by atoms with van der Waals surface area (Å²) < 4.78 is 1.32. The standard InChI is InChI=1S/C17H17IN2S/c1-2-7-19-17(14-9-16(18)21-11-14)13-8-12-5-3-4-6-15(12)20-10-13/h3-6,8-11,17,19H,2,7H2,1H3. The van der Waals surface area contributed by atoms with Crippen molar-refractivity contribution in [2.45, 2.75) is 19.4 Å². The third-order valence-electron chi connectivity index (χ3n) is 3.46. The zero-order chi connectivity index (χ0) is 14.7. The lowest BCUT2D eigenvalue weighted by Crippen LogP contribution is -2.22. The molecule has 0 spiro atoms. The van der Waals surface area contributed by atoms with E-state index < -0.39 is 0 Å². The molecule has 3 aromatic rings. The van der Waals surface area contributed by atoms with Crippen molar-refractivity contribution in [2.24, 2.45) is 0 Å². The Morgan fingerprint density at radius 1 is 1.24 bits per heavy atom. The molecule has 1 atom stereocenters. The Labute approximate surface area is 142 Å². The van der Waals surface area contributed by atoms with E-state index in [1.807, 2.05) is 12.3 Å². The van der Waals surface area contributed by atoms with Gasteiger partial charge in [-0.1, -0.05) is 25.1 Å². The van der Waals surface area contributed by atoms with Crippen molar-refractivity contribution in [1.82, 2.24) is 10.3 Å². The maximum atomic E-state index is 4.60. The van der Waals surface area contributed by atoms with Crippen LogP contribution in [0, 0.1) is 2.88 Å². The summed E-state index contributed by atoms with van der Waals surface area (Å²) in [4.78, 5) is 4.60. The fourth-order valence-electron chi connectivity index (χ4n) is 2.44. The van der Waals surface area contributed by atoms with Gasteiger partial charge in [-0.15, -0.1) is 11.3 Å². The number of thiophene rings is 1. The van der Waals surface area contributed by atoms with Crippen LogP contribution in [0.15, 0.2) is 48.0 Å². The van der Waals surface area contributed by atoms with Gasteiger partial charge in [-0.25, -0.2) is 0 Å². The van der Waals surface area contributed by atoms with Crippen LogP contribution in [0.5, 0.6) is 0 Å². The number of hydrogen-bond donors (Lipinski definition) is 1. The molecular weight excluding hydrogens is 391 g/mol. The molecule has 1 aromatic carbocycles. The topological polar surface area (TPSA) is 24.9 Å². The van der Waals surface area contributed by atoms with Crippen LogP contribution >= 0.6 is 33.9 Å². The Kier molecular flexibility index (Phi) is 4.87. The van der Waals surface area contributed by atoms with Crippen LogP contribution in [0.25, 0.3) is 10.9 Å². The summed E-state index contributed by atoms with van der Waals surface area (Å²) in [5.41, 5.74) is 3.61. The Balaban J connectivity index is 2.00. The van der Waals surface area contributed by atoms with Crippen LogP contribution in [-0.2, 0) is 0 Å². The lowest BCUT2D eigenvalue weighted by Gasteiger charge is -2.18. The van der Waals surface area contributed by atoms with Crippen molar-refractivity contribution < 1.29 is 0 Å². The van der Waals surface area contributed by atoms with Crippen molar-refractivity contribution in [2.75, 3.05) is 6.54 Å². The SMILES string of the molecule is CCCNC(c1csc(I)c1)c1cnc2ccccc2c1. The highest BCUT2D eigenvalue weighted by atomic mass is 127. The summed E-state index contributed by atoms with van der Waals surface area (Å²) >= 11 is 4.17. The summed E-state index contributed by atoms with van der Waals surface area (Å²) in [6.07, 6.45) is 3.12. The highest BCUT2D eigenvalue weighted by molar-refractivity contribution is 14.1. The Morgan fingerprint density at radius 2 is 2.10 bits per heavy atom. The van der Waals surface area contributed by atoms with Gasteiger partial charge >= 0.3 is 0 Å². The van der Waals surface area contributed by atoms with Gasteiger partial charge < -0.3 is 5.32 Å². The van der Waals surface area contributed by atoms with Gasteiger partial charge in [-0.2, -0.15) is 0 Å². The normalized spacial score (nSPS) is 12.7. The quantitative estimate of drug-likeness (QED) is 0.602. The lowest BCUT2D eigenvalue weighted by molar-refractivity contribution is 0.599. The number of fused-ring (bicyclic) bond motifs is 1. The average molecular weight is 408 g/mol. The second-order valence-corrected chi connectivity index (χ2v) is 7.84. The van der Waals surface area contributed by atoms with Gasteiger partial charge in [0.25, 0.3) is 0 Å². The molecule has 0 amide bonds. The van der Waals surface area contributed by atoms with Gasteiger partial charge in [0.15, 0.2) is 0 Å². The van der Waals surface area contributed by atoms with Crippen LogP contribution in [0.4, 0.5) is 0 Å². The monoisotopic (exact) mass is 408 g/mol. The highest BCUT2D eigenvalue weighted by Gasteiger charge is 2.15. The molecule has 0 radical (unpaired) electrons. The van der Waals surface area contributed by atoms with Gasteiger partial charge in [0.1, 0.15) is 0 Å². The maximum Gasteiger partial charge on any atom is 0.0702 e. The van der Waals surface area contributed by atoms with Crippen molar-refractivity contribution in [3.63, 3.8) is 0 Å². The first-order valence-electron chi connectivity index (χ1n) is 7.10. The van der Waals surface area contributed by atoms with Gasteiger partial charge in [0, 0.05) is 11.6 Å². The molecule has 4 heteroatoms. The molecule has 2 nitrogen and oxygen atoms in total. The van der Waals surface area contributed by atoms with E-state index in [1.54, 1.807) is 11.3 Å². The zero-order valence-corrected chi connectivity index (χ0v) is 14.8. The minimum absolute atomic E-state index is 0.224. The third kappa shape index (κ3) is 3.44. The molecule has 3 rings (SSSR count). The molecule has 21 heavy (non-hydrogen) atoms. The van der Waals surface area contributed by atoms with E-state index >= 15 is 0 Å². The van der Waals surface area contributed by atoms with Crippen molar-refractivity contribution in [3.8, 4) is 0 Å². The van der Waals surface area contributed by atoms with E-state index in [0.717, 1.165) is 18.5 Å². The van der Waals surface area contributed by atoms with E-state index in [-0.39, 0.29) is 6.04 Å². The smallest absolute Gasteiger partial charge is 0.0702 e. The second kappa shape index (κ2) is 6.85. The van der Waals surface area contributed by atoms with Gasteiger partial charge in [-0.05, 0) is 70.3 Å². The molecule has 1 unspecified atom stereocenters. The van der Waals surface area contributed by atoms with Crippen LogP contribution in [0.3, 0.4) is 0 Å². The van der Waals surface area contributed by atoms with Crippen molar-refractivity contribution in [3.05, 3.63) is 62.0 Å². The van der Waals surface area contributed by atoms with Gasteiger partial charge in [-0.3, -0.25) is 4.98 Å². The fourth-order valence-corrected chi connectivity index (χ4v) is 3.84. The number of hydrogen-bond acceptors (Lipinski definition) is 3. The predicted molar refractivity (Wildman–Crippen MR) is 98.9 cm³/mol. The largest absolute Gasteiger partial charge is 0.306 e. The summed E-state index contributed by atoms with van der Waals surface area (Å²) in [6.45, 7) is 3.20. The Hall–Kier alpha value is -0.980. The molecule has 0 saturated carbocycles. The summed E-state index contributed by atoms with van der Waals surface area (Å²) in [6, 6.07) is 13.0. The molecule has 0 aliphatic heterocycles. The molecule has 0 bridgehead atoms. The number of rotatable bonds is 5. The Morgan fingerprint density at radius 3 is 2.86 bits per heavy atom. The Bertz CT molecular complexity index is 738. The summed E-state index contributed by atoms with van der Waals surface area (Å²) in [5.74, 6) is 0. The van der Waals surface area contributed by atoms with Crippen LogP contribution in [0.1, 0.15) is 30.5 Å². The first kappa shape index (κ1) is 14.9. The number of para-hydroxylation sites is 1. The number of aromatic nitrogens is 1. The molecule has 0 aliphatic carbocycles. The molecule has 108 valence electrons. The van der Waals surface area contributed by atoms with Crippen LogP contribution in [0.2, 0.25) is 0 Å². The minimum atomic E-state index is 0.224. The van der Waals surface area contributed by atoms with Gasteiger partial charge in [0.05, 0.1) is 14.4 Å². The molecule has 0 saturated heterocycles. The van der Waals surface area contributed by atoms with E-state index in [2.05, 4.69) is 75.5 Å². The molecule has 1 N–H and O–H groups in total. The zero-order valence-electron chi connectivity index (χ0n) is 11.8. The van der Waals surface area contributed by atoms with Crippen molar-refractivity contribution >= 4 is 44.8 Å². The van der Waals surface area contributed by atoms with Crippen molar-refractivity contribution in [1.29, 1.82) is 0 Å². The number of pyridine rings is 1. The predicted octanol–water partition coefficient (Wildman–Crippen LogP) is 4.99. The number of benzene rings is 1.